The first-order valence-corrected chi connectivity index (χ1v) is 7.07. The van der Waals surface area contributed by atoms with Gasteiger partial charge in [-0.3, -0.25) is 14.4 Å². The summed E-state index contributed by atoms with van der Waals surface area (Å²) in [5.41, 5.74) is 0.741. The zero-order valence-electron chi connectivity index (χ0n) is 12.7. The number of amides is 2. The lowest BCUT2D eigenvalue weighted by Gasteiger charge is -2.17. The van der Waals surface area contributed by atoms with Gasteiger partial charge in [0.05, 0.1) is 0 Å². The molecule has 1 atom stereocenters. The minimum Gasteiger partial charge on any atom is -0.481 e. The number of carboxylic acids is 2. The van der Waals surface area contributed by atoms with E-state index in [1.807, 2.05) is 0 Å². The lowest BCUT2D eigenvalue weighted by Crippen LogP contribution is -2.48. The minimum atomic E-state index is -1.26. The Labute approximate surface area is 137 Å². The van der Waals surface area contributed by atoms with Crippen molar-refractivity contribution in [3.8, 4) is 0 Å². The second-order valence-electron chi connectivity index (χ2n) is 4.80. The molecule has 0 aliphatic rings. The molecule has 24 heavy (non-hydrogen) atoms. The van der Waals surface area contributed by atoms with Crippen molar-refractivity contribution in [2.75, 3.05) is 6.54 Å². The van der Waals surface area contributed by atoms with Gasteiger partial charge in [-0.15, -0.1) is 0 Å². The normalized spacial score (nSPS) is 11.2. The van der Waals surface area contributed by atoms with Crippen LogP contribution in [-0.2, 0) is 25.7 Å². The van der Waals surface area contributed by atoms with Crippen molar-refractivity contribution in [1.82, 2.24) is 10.6 Å². The smallest absolute Gasteiger partial charge is 0.408 e. The van der Waals surface area contributed by atoms with Crippen LogP contribution in [0.4, 0.5) is 4.79 Å². The minimum absolute atomic E-state index is 0.0188. The van der Waals surface area contributed by atoms with Crippen LogP contribution in [-0.4, -0.2) is 46.7 Å². The third-order valence-electron chi connectivity index (χ3n) is 2.88. The first kappa shape index (κ1) is 18.9. The van der Waals surface area contributed by atoms with E-state index in [0.29, 0.717) is 0 Å². The van der Waals surface area contributed by atoms with Gasteiger partial charge in [0.25, 0.3) is 0 Å². The number of hydrogen-bond acceptors (Lipinski definition) is 5. The molecule has 0 aliphatic heterocycles. The fourth-order valence-corrected chi connectivity index (χ4v) is 1.73. The molecule has 0 aliphatic carbocycles. The summed E-state index contributed by atoms with van der Waals surface area (Å²) in [5.74, 6) is -3.20. The van der Waals surface area contributed by atoms with Crippen LogP contribution in [0.1, 0.15) is 18.4 Å². The van der Waals surface area contributed by atoms with Crippen LogP contribution in [0.25, 0.3) is 0 Å². The molecule has 0 heterocycles. The average molecular weight is 338 g/mol. The molecule has 9 nitrogen and oxygen atoms in total. The number of benzene rings is 1. The first-order chi connectivity index (χ1) is 11.4. The fourth-order valence-electron chi connectivity index (χ4n) is 1.73. The fraction of sp³-hybridized carbons (Fsp3) is 0.333. The SMILES string of the molecule is O=C(O)CCC(NC(=O)OCc1ccccc1)C(=O)NCC(=O)O. The lowest BCUT2D eigenvalue weighted by molar-refractivity contribution is -0.139. The number of ether oxygens (including phenoxy) is 1. The molecule has 0 bridgehead atoms. The van der Waals surface area contributed by atoms with Crippen molar-refractivity contribution in [3.05, 3.63) is 35.9 Å². The second kappa shape index (κ2) is 9.82. The van der Waals surface area contributed by atoms with Gasteiger partial charge in [0.1, 0.15) is 19.2 Å². The van der Waals surface area contributed by atoms with E-state index in [1.54, 1.807) is 30.3 Å². The molecule has 9 heteroatoms. The molecule has 2 amide bonds. The summed E-state index contributed by atoms with van der Waals surface area (Å²) in [4.78, 5) is 44.6. The van der Waals surface area contributed by atoms with Gasteiger partial charge in [0.2, 0.25) is 5.91 Å². The van der Waals surface area contributed by atoms with Gasteiger partial charge in [0, 0.05) is 6.42 Å². The van der Waals surface area contributed by atoms with E-state index in [9.17, 15) is 19.2 Å². The Balaban J connectivity index is 2.55. The molecule has 0 saturated heterocycles. The molecule has 4 N–H and O–H groups in total. The van der Waals surface area contributed by atoms with E-state index in [4.69, 9.17) is 14.9 Å². The predicted molar refractivity (Wildman–Crippen MR) is 81.1 cm³/mol. The van der Waals surface area contributed by atoms with Crippen molar-refractivity contribution in [3.63, 3.8) is 0 Å². The third-order valence-corrected chi connectivity index (χ3v) is 2.88. The van der Waals surface area contributed by atoms with Crippen LogP contribution >= 0.6 is 0 Å². The molecule has 130 valence electrons. The maximum atomic E-state index is 11.8. The molecule has 0 saturated carbocycles. The van der Waals surface area contributed by atoms with Crippen LogP contribution in [0.15, 0.2) is 30.3 Å². The maximum absolute atomic E-state index is 11.8. The van der Waals surface area contributed by atoms with E-state index < -0.39 is 36.5 Å². The molecule has 0 fully saturated rings. The monoisotopic (exact) mass is 338 g/mol. The van der Waals surface area contributed by atoms with Gasteiger partial charge in [-0.05, 0) is 12.0 Å². The zero-order chi connectivity index (χ0) is 17.9. The molecular weight excluding hydrogens is 320 g/mol. The summed E-state index contributed by atoms with van der Waals surface area (Å²) in [6, 6.07) is 7.63. The summed E-state index contributed by atoms with van der Waals surface area (Å²) in [7, 11) is 0. The summed E-state index contributed by atoms with van der Waals surface area (Å²) >= 11 is 0. The highest BCUT2D eigenvalue weighted by atomic mass is 16.5. The summed E-state index contributed by atoms with van der Waals surface area (Å²) < 4.78 is 4.95. The molecule has 1 rings (SSSR count). The van der Waals surface area contributed by atoms with Crippen molar-refractivity contribution >= 4 is 23.9 Å². The molecule has 0 aromatic heterocycles. The van der Waals surface area contributed by atoms with Crippen LogP contribution < -0.4 is 10.6 Å². The Morgan fingerprint density at radius 1 is 1.04 bits per heavy atom. The highest BCUT2D eigenvalue weighted by molar-refractivity contribution is 5.88. The quantitative estimate of drug-likeness (QED) is 0.509. The molecule has 1 unspecified atom stereocenters. The van der Waals surface area contributed by atoms with E-state index in [2.05, 4.69) is 10.6 Å². The standard InChI is InChI=1S/C15H18N2O7/c18-12(19)7-6-11(14(22)16-8-13(20)21)17-15(23)24-9-10-4-2-1-3-5-10/h1-5,11H,6-9H2,(H,16,22)(H,17,23)(H,18,19)(H,20,21). The largest absolute Gasteiger partial charge is 0.481 e. The van der Waals surface area contributed by atoms with Gasteiger partial charge >= 0.3 is 18.0 Å². The Morgan fingerprint density at radius 2 is 1.71 bits per heavy atom. The Kier molecular flexibility index (Phi) is 7.76. The Morgan fingerprint density at radius 3 is 2.29 bits per heavy atom. The van der Waals surface area contributed by atoms with Crippen molar-refractivity contribution in [1.29, 1.82) is 0 Å². The number of carbonyl (C=O) groups excluding carboxylic acids is 2. The van der Waals surface area contributed by atoms with Gasteiger partial charge in [-0.2, -0.15) is 0 Å². The number of aliphatic carboxylic acids is 2. The second-order valence-corrected chi connectivity index (χ2v) is 4.80. The van der Waals surface area contributed by atoms with Crippen LogP contribution in [0.5, 0.6) is 0 Å². The maximum Gasteiger partial charge on any atom is 0.408 e. The Bertz CT molecular complexity index is 589. The topological polar surface area (TPSA) is 142 Å². The van der Waals surface area contributed by atoms with E-state index in [-0.39, 0.29) is 19.4 Å². The number of carbonyl (C=O) groups is 4. The lowest BCUT2D eigenvalue weighted by atomic mass is 10.1. The summed E-state index contributed by atoms with van der Waals surface area (Å²) in [5, 5.41) is 21.5. The van der Waals surface area contributed by atoms with Crippen molar-refractivity contribution in [2.45, 2.75) is 25.5 Å². The predicted octanol–water partition coefficient (Wildman–Crippen LogP) is 0.347. The summed E-state index contributed by atoms with van der Waals surface area (Å²) in [6.07, 6.45) is -1.47. The molecule has 1 aromatic rings. The van der Waals surface area contributed by atoms with Crippen molar-refractivity contribution < 1.29 is 34.1 Å². The number of carboxylic acid groups (broad SMARTS) is 2. The average Bonchev–Trinajstić information content (AvgIpc) is 2.55. The third kappa shape index (κ3) is 7.78. The number of rotatable bonds is 9. The zero-order valence-corrected chi connectivity index (χ0v) is 12.7. The van der Waals surface area contributed by atoms with Crippen LogP contribution in [0, 0.1) is 0 Å². The summed E-state index contributed by atoms with van der Waals surface area (Å²) in [6.45, 7) is -0.655. The van der Waals surface area contributed by atoms with E-state index >= 15 is 0 Å². The van der Waals surface area contributed by atoms with Gasteiger partial charge in [-0.1, -0.05) is 30.3 Å². The van der Waals surface area contributed by atoms with Crippen molar-refractivity contribution in [2.24, 2.45) is 0 Å². The number of nitrogens with one attached hydrogen (secondary N) is 2. The van der Waals surface area contributed by atoms with Gasteiger partial charge in [0.15, 0.2) is 0 Å². The first-order valence-electron chi connectivity index (χ1n) is 7.07. The molecule has 0 radical (unpaired) electrons. The van der Waals surface area contributed by atoms with Crippen LogP contribution in [0.3, 0.4) is 0 Å². The Hall–Kier alpha value is -3.10. The van der Waals surface area contributed by atoms with E-state index in [1.165, 1.54) is 0 Å². The highest BCUT2D eigenvalue weighted by Gasteiger charge is 2.22. The molecule has 1 aromatic carbocycles. The van der Waals surface area contributed by atoms with Gasteiger partial charge in [-0.25, -0.2) is 4.79 Å². The molecular formula is C15H18N2O7. The highest BCUT2D eigenvalue weighted by Crippen LogP contribution is 2.03. The van der Waals surface area contributed by atoms with E-state index in [0.717, 1.165) is 5.56 Å². The molecule has 0 spiro atoms. The number of alkyl carbamates (subject to hydrolysis) is 1. The number of hydrogen-bond donors (Lipinski definition) is 4. The van der Waals surface area contributed by atoms with Crippen LogP contribution in [0.2, 0.25) is 0 Å². The van der Waals surface area contributed by atoms with Gasteiger partial charge < -0.3 is 25.6 Å².